The van der Waals surface area contributed by atoms with Crippen LogP contribution in [-0.2, 0) is 0 Å². The quantitative estimate of drug-likeness (QED) is 0.563. The summed E-state index contributed by atoms with van der Waals surface area (Å²) in [7, 11) is 3.74. The Balaban J connectivity index is 0.00000137. The van der Waals surface area contributed by atoms with Crippen LogP contribution >= 0.6 is 0 Å². The lowest BCUT2D eigenvalue weighted by Crippen LogP contribution is -2.19. The molecule has 3 nitrogen and oxygen atoms in total. The normalized spacial score (nSPS) is 10.5. The number of aryl methyl sites for hydroxylation is 2. The van der Waals surface area contributed by atoms with Gasteiger partial charge in [0.2, 0.25) is 0 Å². The van der Waals surface area contributed by atoms with E-state index in [1.807, 2.05) is 71.8 Å². The van der Waals surface area contributed by atoms with Gasteiger partial charge in [0.25, 0.3) is 5.91 Å². The summed E-state index contributed by atoms with van der Waals surface area (Å²) >= 11 is 0. The summed E-state index contributed by atoms with van der Waals surface area (Å²) in [5, 5.41) is 0. The minimum Gasteiger partial charge on any atom is -0.366 e. The maximum Gasteiger partial charge on any atom is 0.278 e. The van der Waals surface area contributed by atoms with Crippen LogP contribution in [0.25, 0.3) is 0 Å². The number of amides is 1. The maximum absolute atomic E-state index is 11.8. The Bertz CT molecular complexity index is 434. The van der Waals surface area contributed by atoms with Gasteiger partial charge < -0.3 is 4.90 Å². The van der Waals surface area contributed by atoms with Crippen LogP contribution in [0, 0.1) is 13.8 Å². The highest BCUT2D eigenvalue weighted by molar-refractivity contribution is 6.02. The highest BCUT2D eigenvalue weighted by atomic mass is 16.1. The third-order valence-electron chi connectivity index (χ3n) is 2.66. The molecule has 0 bridgehead atoms. The number of hydrogen-bond acceptors (Lipinski definition) is 1. The average Bonchev–Trinajstić information content (AvgIpc) is 2.34. The number of rotatable bonds is 1. The van der Waals surface area contributed by atoms with E-state index in [9.17, 15) is 4.79 Å². The Morgan fingerprint density at radius 1 is 1.11 bits per heavy atom. The van der Waals surface area contributed by atoms with E-state index in [0.717, 1.165) is 5.56 Å². The second-order valence-corrected chi connectivity index (χ2v) is 4.16. The smallest absolute Gasteiger partial charge is 0.278 e. The van der Waals surface area contributed by atoms with Crippen molar-refractivity contribution in [2.75, 3.05) is 14.1 Å². The Morgan fingerprint density at radius 3 is 2.11 bits per heavy atom. The molecule has 0 aliphatic carbocycles. The Morgan fingerprint density at radius 2 is 1.67 bits per heavy atom. The summed E-state index contributed by atoms with van der Waals surface area (Å²) in [5.41, 5.74) is 2.94. The molecule has 0 aromatic heterocycles. The largest absolute Gasteiger partial charge is 0.366 e. The molecular formula is C15H24N2O. The van der Waals surface area contributed by atoms with Crippen LogP contribution in [0.3, 0.4) is 0 Å². The molecule has 100 valence electrons. The van der Waals surface area contributed by atoms with E-state index >= 15 is 0 Å². The molecule has 0 heterocycles. The van der Waals surface area contributed by atoms with Crippen molar-refractivity contribution in [1.29, 1.82) is 0 Å². The highest BCUT2D eigenvalue weighted by Gasteiger charge is 2.06. The van der Waals surface area contributed by atoms with E-state index in [1.54, 1.807) is 0 Å². The molecule has 1 amide bonds. The second kappa shape index (κ2) is 7.64. The number of benzene rings is 1. The molecular weight excluding hydrogens is 224 g/mol. The van der Waals surface area contributed by atoms with Gasteiger partial charge in [-0.15, -0.1) is 0 Å². The molecule has 0 saturated carbocycles. The van der Waals surface area contributed by atoms with Crippen LogP contribution in [0.2, 0.25) is 0 Å². The summed E-state index contributed by atoms with van der Waals surface area (Å²) < 4.78 is 0. The van der Waals surface area contributed by atoms with E-state index < -0.39 is 0 Å². The fourth-order valence-corrected chi connectivity index (χ4v) is 1.19. The van der Waals surface area contributed by atoms with Crippen molar-refractivity contribution < 1.29 is 4.79 Å². The molecule has 0 fully saturated rings. The van der Waals surface area contributed by atoms with Gasteiger partial charge in [0.15, 0.2) is 0 Å². The SMILES string of the molecule is CC.CC(=NC(=O)c1ccc(C)c(C)c1)N(C)C. The lowest BCUT2D eigenvalue weighted by molar-refractivity contribution is 0.100. The van der Waals surface area contributed by atoms with Crippen molar-refractivity contribution in [3.05, 3.63) is 34.9 Å². The molecule has 0 spiro atoms. The first kappa shape index (κ1) is 16.4. The van der Waals surface area contributed by atoms with Gasteiger partial charge in [-0.1, -0.05) is 19.9 Å². The van der Waals surface area contributed by atoms with Crippen LogP contribution < -0.4 is 0 Å². The third-order valence-corrected chi connectivity index (χ3v) is 2.66. The van der Waals surface area contributed by atoms with Crippen LogP contribution in [0.15, 0.2) is 23.2 Å². The van der Waals surface area contributed by atoms with Crippen molar-refractivity contribution in [3.8, 4) is 0 Å². The van der Waals surface area contributed by atoms with Gasteiger partial charge >= 0.3 is 0 Å². The summed E-state index contributed by atoms with van der Waals surface area (Å²) in [5.74, 6) is 0.525. The molecule has 0 aliphatic rings. The maximum atomic E-state index is 11.8. The zero-order valence-electron chi connectivity index (χ0n) is 12.5. The van der Waals surface area contributed by atoms with Crippen LogP contribution in [0.4, 0.5) is 0 Å². The molecule has 1 aromatic carbocycles. The Hall–Kier alpha value is -1.64. The molecule has 0 unspecified atom stereocenters. The van der Waals surface area contributed by atoms with E-state index in [-0.39, 0.29) is 5.91 Å². The molecule has 18 heavy (non-hydrogen) atoms. The highest BCUT2D eigenvalue weighted by Crippen LogP contribution is 2.10. The first-order valence-electron chi connectivity index (χ1n) is 6.26. The molecule has 0 aliphatic heterocycles. The number of amidine groups is 1. The molecule has 1 aromatic rings. The topological polar surface area (TPSA) is 32.7 Å². The Labute approximate surface area is 111 Å². The van der Waals surface area contributed by atoms with E-state index in [0.29, 0.717) is 11.4 Å². The second-order valence-electron chi connectivity index (χ2n) is 4.16. The van der Waals surface area contributed by atoms with Crippen molar-refractivity contribution in [1.82, 2.24) is 4.90 Å². The lowest BCUT2D eigenvalue weighted by Gasteiger charge is -2.10. The zero-order valence-corrected chi connectivity index (χ0v) is 12.5. The fraction of sp³-hybridized carbons (Fsp3) is 0.467. The standard InChI is InChI=1S/C13H18N2O.C2H6/c1-9-6-7-12(8-10(9)2)13(16)14-11(3)15(4)5;1-2/h6-8H,1-5H3;1-2H3. The molecule has 1 rings (SSSR count). The van der Waals surface area contributed by atoms with Gasteiger partial charge in [0.05, 0.1) is 0 Å². The molecule has 0 atom stereocenters. The summed E-state index contributed by atoms with van der Waals surface area (Å²) in [6.45, 7) is 9.84. The van der Waals surface area contributed by atoms with Crippen LogP contribution in [0.1, 0.15) is 42.3 Å². The predicted molar refractivity (Wildman–Crippen MR) is 78.4 cm³/mol. The van der Waals surface area contributed by atoms with E-state index in [4.69, 9.17) is 0 Å². The van der Waals surface area contributed by atoms with Crippen LogP contribution in [0.5, 0.6) is 0 Å². The van der Waals surface area contributed by atoms with E-state index in [1.165, 1.54) is 5.56 Å². The summed E-state index contributed by atoms with van der Waals surface area (Å²) in [6.07, 6.45) is 0. The number of aliphatic imine (C=N–C) groups is 1. The first-order chi connectivity index (χ1) is 8.41. The lowest BCUT2D eigenvalue weighted by atomic mass is 10.1. The average molecular weight is 248 g/mol. The molecule has 3 heteroatoms. The molecule has 0 N–H and O–H groups in total. The molecule has 0 saturated heterocycles. The number of carbonyl (C=O) groups excluding carboxylic acids is 1. The number of nitrogens with zero attached hydrogens (tertiary/aromatic N) is 2. The number of hydrogen-bond donors (Lipinski definition) is 0. The minimum atomic E-state index is -0.186. The van der Waals surface area contributed by atoms with Crippen molar-refractivity contribution in [3.63, 3.8) is 0 Å². The fourth-order valence-electron chi connectivity index (χ4n) is 1.19. The predicted octanol–water partition coefficient (Wildman–Crippen LogP) is 3.45. The van der Waals surface area contributed by atoms with Crippen molar-refractivity contribution in [2.24, 2.45) is 4.99 Å². The minimum absolute atomic E-state index is 0.186. The van der Waals surface area contributed by atoms with Crippen LogP contribution in [-0.4, -0.2) is 30.7 Å². The molecule has 0 radical (unpaired) electrons. The zero-order chi connectivity index (χ0) is 14.3. The monoisotopic (exact) mass is 248 g/mol. The van der Waals surface area contributed by atoms with Crippen molar-refractivity contribution in [2.45, 2.75) is 34.6 Å². The van der Waals surface area contributed by atoms with Gasteiger partial charge in [-0.05, 0) is 44.0 Å². The summed E-state index contributed by atoms with van der Waals surface area (Å²) in [6, 6.07) is 5.64. The third kappa shape index (κ3) is 4.70. The number of carbonyl (C=O) groups is 1. The summed E-state index contributed by atoms with van der Waals surface area (Å²) in [4.78, 5) is 17.6. The Kier molecular flexibility index (Phi) is 6.94. The van der Waals surface area contributed by atoms with Crippen molar-refractivity contribution >= 4 is 11.7 Å². The first-order valence-corrected chi connectivity index (χ1v) is 6.26. The van der Waals surface area contributed by atoms with Gasteiger partial charge in [0.1, 0.15) is 5.84 Å². The van der Waals surface area contributed by atoms with Gasteiger partial charge in [0, 0.05) is 19.7 Å². The van der Waals surface area contributed by atoms with Gasteiger partial charge in [-0.25, -0.2) is 0 Å². The van der Waals surface area contributed by atoms with E-state index in [2.05, 4.69) is 4.99 Å². The van der Waals surface area contributed by atoms with Gasteiger partial charge in [-0.3, -0.25) is 4.79 Å². The van der Waals surface area contributed by atoms with Gasteiger partial charge in [-0.2, -0.15) is 4.99 Å².